The van der Waals surface area contributed by atoms with Crippen LogP contribution in [0.25, 0.3) is 0 Å². The van der Waals surface area contributed by atoms with Crippen LogP contribution < -0.4 is 10.9 Å². The molecule has 0 saturated carbocycles. The molecule has 1 aromatic heterocycles. The highest BCUT2D eigenvalue weighted by atomic mass is 16.2. The van der Waals surface area contributed by atoms with Crippen LogP contribution >= 0.6 is 0 Å². The first kappa shape index (κ1) is 18.9. The van der Waals surface area contributed by atoms with Gasteiger partial charge in [0.05, 0.1) is 0 Å². The minimum absolute atomic E-state index is 0.0282. The second-order valence-corrected chi connectivity index (χ2v) is 7.08. The zero-order chi connectivity index (χ0) is 19.6. The molecule has 0 atom stereocenters. The highest BCUT2D eigenvalue weighted by Gasteiger charge is 2.23. The number of carbonyl (C=O) groups is 2. The van der Waals surface area contributed by atoms with Crippen molar-refractivity contribution in [1.82, 2.24) is 9.47 Å². The minimum Gasteiger partial charge on any atom is -0.334 e. The molecule has 0 bridgehead atoms. The van der Waals surface area contributed by atoms with Crippen LogP contribution in [0.5, 0.6) is 0 Å². The van der Waals surface area contributed by atoms with E-state index in [-0.39, 0.29) is 17.4 Å². The van der Waals surface area contributed by atoms with Crippen LogP contribution in [0, 0.1) is 6.92 Å². The first-order chi connectivity index (χ1) is 12.9. The van der Waals surface area contributed by atoms with Gasteiger partial charge < -0.3 is 14.8 Å². The summed E-state index contributed by atoms with van der Waals surface area (Å²) in [4.78, 5) is 38.5. The molecule has 1 aromatic carbocycles. The van der Waals surface area contributed by atoms with Gasteiger partial charge >= 0.3 is 0 Å². The number of nitrogens with zero attached hydrogens (tertiary/aromatic N) is 2. The lowest BCUT2D eigenvalue weighted by Gasteiger charge is -2.29. The van der Waals surface area contributed by atoms with Gasteiger partial charge in [0.1, 0.15) is 0 Å². The van der Waals surface area contributed by atoms with E-state index in [9.17, 15) is 14.4 Å². The summed E-state index contributed by atoms with van der Waals surface area (Å²) in [6, 6.07) is 7.06. The number of aryl methyl sites for hydroxylation is 2. The Hall–Kier alpha value is -2.89. The fourth-order valence-corrected chi connectivity index (χ4v) is 3.32. The molecule has 0 fully saturated rings. The van der Waals surface area contributed by atoms with E-state index < -0.39 is 0 Å². The van der Waals surface area contributed by atoms with Crippen molar-refractivity contribution in [2.75, 3.05) is 11.9 Å². The molecule has 0 radical (unpaired) electrons. The third-order valence-corrected chi connectivity index (χ3v) is 4.94. The molecular formula is C21H25N3O3. The first-order valence-corrected chi connectivity index (χ1v) is 9.27. The molecule has 2 amide bonds. The van der Waals surface area contributed by atoms with Gasteiger partial charge in [-0.25, -0.2) is 0 Å². The normalized spacial score (nSPS) is 13.2. The second-order valence-electron chi connectivity index (χ2n) is 7.08. The van der Waals surface area contributed by atoms with Gasteiger partial charge in [-0.05, 0) is 48.6 Å². The zero-order valence-corrected chi connectivity index (χ0v) is 16.0. The van der Waals surface area contributed by atoms with Crippen molar-refractivity contribution in [2.45, 2.75) is 39.7 Å². The Morgan fingerprint density at radius 1 is 1.19 bits per heavy atom. The molecule has 2 heterocycles. The van der Waals surface area contributed by atoms with E-state index in [1.54, 1.807) is 34.7 Å². The number of nitrogens with one attached hydrogen (secondary N) is 1. The predicted octanol–water partition coefficient (Wildman–Crippen LogP) is 2.63. The van der Waals surface area contributed by atoms with Crippen LogP contribution in [0.4, 0.5) is 5.69 Å². The summed E-state index contributed by atoms with van der Waals surface area (Å²) in [5, 5.41) is 2.89. The third-order valence-electron chi connectivity index (χ3n) is 4.94. The van der Waals surface area contributed by atoms with Crippen LogP contribution in [0.15, 0.2) is 35.3 Å². The Labute approximate surface area is 158 Å². The second kappa shape index (κ2) is 7.78. The van der Waals surface area contributed by atoms with E-state index >= 15 is 0 Å². The number of benzene rings is 1. The summed E-state index contributed by atoms with van der Waals surface area (Å²) < 4.78 is 1.54. The molecular weight excluding hydrogens is 342 g/mol. The topological polar surface area (TPSA) is 71.4 Å². The largest absolute Gasteiger partial charge is 0.334 e. The standard InChI is InChI=1S/C21H25N3O3/c1-4-5-19(25)22-18-10-16(7-6-14(18)2)21(27)24-9-8-15-11-20(26)23(3)12-17(15)13-24/h6-7,10-12H,4-5,8-9,13H2,1-3H3,(H,22,25). The Morgan fingerprint density at radius 3 is 2.70 bits per heavy atom. The van der Waals surface area contributed by atoms with E-state index in [1.807, 2.05) is 26.1 Å². The van der Waals surface area contributed by atoms with Gasteiger partial charge in [0, 0.05) is 50.1 Å². The lowest BCUT2D eigenvalue weighted by atomic mass is 10.0. The molecule has 3 rings (SSSR count). The number of amides is 2. The predicted molar refractivity (Wildman–Crippen MR) is 105 cm³/mol. The maximum atomic E-state index is 13.0. The number of rotatable bonds is 4. The van der Waals surface area contributed by atoms with E-state index in [0.29, 0.717) is 37.2 Å². The summed E-state index contributed by atoms with van der Waals surface area (Å²) in [5.74, 6) is -0.112. The lowest BCUT2D eigenvalue weighted by Crippen LogP contribution is -2.37. The van der Waals surface area contributed by atoms with E-state index in [1.165, 1.54) is 0 Å². The number of aromatic nitrogens is 1. The van der Waals surface area contributed by atoms with Gasteiger partial charge in [-0.15, -0.1) is 0 Å². The Morgan fingerprint density at radius 2 is 1.96 bits per heavy atom. The zero-order valence-electron chi connectivity index (χ0n) is 16.0. The molecule has 1 aliphatic heterocycles. The van der Waals surface area contributed by atoms with Gasteiger partial charge in [0.25, 0.3) is 11.5 Å². The van der Waals surface area contributed by atoms with Crippen LogP contribution in [0.3, 0.4) is 0 Å². The van der Waals surface area contributed by atoms with Crippen LogP contribution in [-0.2, 0) is 24.8 Å². The molecule has 0 spiro atoms. The molecule has 2 aromatic rings. The molecule has 6 nitrogen and oxygen atoms in total. The van der Waals surface area contributed by atoms with Crippen molar-refractivity contribution in [2.24, 2.45) is 7.05 Å². The Kier molecular flexibility index (Phi) is 5.44. The minimum atomic E-state index is -0.0690. The number of anilines is 1. The van der Waals surface area contributed by atoms with Gasteiger partial charge in [-0.1, -0.05) is 13.0 Å². The van der Waals surface area contributed by atoms with Crippen molar-refractivity contribution in [3.05, 3.63) is 63.1 Å². The Bertz CT molecular complexity index is 946. The average molecular weight is 367 g/mol. The quantitative estimate of drug-likeness (QED) is 0.903. The van der Waals surface area contributed by atoms with Gasteiger partial charge in [0.15, 0.2) is 0 Å². The van der Waals surface area contributed by atoms with Crippen molar-refractivity contribution in [3.63, 3.8) is 0 Å². The summed E-state index contributed by atoms with van der Waals surface area (Å²) in [6.07, 6.45) is 3.71. The van der Waals surface area contributed by atoms with E-state index in [4.69, 9.17) is 0 Å². The Balaban J connectivity index is 1.81. The van der Waals surface area contributed by atoms with Crippen LogP contribution in [0.2, 0.25) is 0 Å². The summed E-state index contributed by atoms with van der Waals surface area (Å²) in [6.45, 7) is 4.92. The summed E-state index contributed by atoms with van der Waals surface area (Å²) in [7, 11) is 1.72. The van der Waals surface area contributed by atoms with Crippen LogP contribution in [0.1, 0.15) is 46.8 Å². The van der Waals surface area contributed by atoms with Crippen molar-refractivity contribution < 1.29 is 9.59 Å². The monoisotopic (exact) mass is 367 g/mol. The molecule has 1 N–H and O–H groups in total. The first-order valence-electron chi connectivity index (χ1n) is 9.27. The third kappa shape index (κ3) is 4.10. The molecule has 27 heavy (non-hydrogen) atoms. The van der Waals surface area contributed by atoms with Gasteiger partial charge in [-0.2, -0.15) is 0 Å². The fourth-order valence-electron chi connectivity index (χ4n) is 3.32. The fraction of sp³-hybridized carbons (Fsp3) is 0.381. The molecule has 142 valence electrons. The van der Waals surface area contributed by atoms with Gasteiger partial charge in [-0.3, -0.25) is 14.4 Å². The highest BCUT2D eigenvalue weighted by Crippen LogP contribution is 2.22. The SMILES string of the molecule is CCCC(=O)Nc1cc(C(=O)N2CCc3cc(=O)n(C)cc3C2)ccc1C. The number of carbonyl (C=O) groups excluding carboxylic acids is 2. The number of fused-ring (bicyclic) bond motifs is 1. The van der Waals surface area contributed by atoms with Crippen molar-refractivity contribution in [1.29, 1.82) is 0 Å². The highest BCUT2D eigenvalue weighted by molar-refractivity contribution is 5.97. The maximum absolute atomic E-state index is 13.0. The van der Waals surface area contributed by atoms with Crippen molar-refractivity contribution in [3.8, 4) is 0 Å². The molecule has 0 saturated heterocycles. The average Bonchev–Trinajstić information content (AvgIpc) is 2.64. The summed E-state index contributed by atoms with van der Waals surface area (Å²) >= 11 is 0. The molecule has 0 unspecified atom stereocenters. The summed E-state index contributed by atoms with van der Waals surface area (Å²) in [5.41, 5.74) is 4.15. The smallest absolute Gasteiger partial charge is 0.254 e. The molecule has 6 heteroatoms. The maximum Gasteiger partial charge on any atom is 0.254 e. The molecule has 1 aliphatic rings. The number of hydrogen-bond acceptors (Lipinski definition) is 3. The number of hydrogen-bond donors (Lipinski definition) is 1. The lowest BCUT2D eigenvalue weighted by molar-refractivity contribution is -0.116. The van der Waals surface area contributed by atoms with E-state index in [0.717, 1.165) is 23.1 Å². The van der Waals surface area contributed by atoms with Crippen LogP contribution in [-0.4, -0.2) is 27.8 Å². The van der Waals surface area contributed by atoms with Crippen molar-refractivity contribution >= 4 is 17.5 Å². The van der Waals surface area contributed by atoms with Gasteiger partial charge in [0.2, 0.25) is 5.91 Å². The number of pyridine rings is 1. The molecule has 0 aliphatic carbocycles. The van der Waals surface area contributed by atoms with E-state index in [2.05, 4.69) is 5.32 Å².